The number of nitrogens with zero attached hydrogens (tertiary/aromatic N) is 1. The van der Waals surface area contributed by atoms with E-state index < -0.39 is 0 Å². The van der Waals surface area contributed by atoms with Crippen LogP contribution in [0.3, 0.4) is 0 Å². The summed E-state index contributed by atoms with van der Waals surface area (Å²) in [6, 6.07) is 7.76. The molecule has 1 aliphatic heterocycles. The molecule has 3 rings (SSSR count). The SMILES string of the molecule is C=CCOc1ccccc1[C@H]1CC(=O)Nc2[nH]ncc21. The lowest BCUT2D eigenvalue weighted by atomic mass is 9.87. The number of nitrogens with one attached hydrogen (secondary N) is 2. The Kier molecular flexibility index (Phi) is 3.25. The van der Waals surface area contributed by atoms with Crippen molar-refractivity contribution in [3.05, 3.63) is 54.2 Å². The van der Waals surface area contributed by atoms with Crippen LogP contribution in [-0.4, -0.2) is 22.7 Å². The maximum Gasteiger partial charge on any atom is 0.226 e. The summed E-state index contributed by atoms with van der Waals surface area (Å²) >= 11 is 0. The molecule has 2 heterocycles. The minimum Gasteiger partial charge on any atom is -0.489 e. The van der Waals surface area contributed by atoms with Crippen molar-refractivity contribution in [3.63, 3.8) is 0 Å². The topological polar surface area (TPSA) is 67.0 Å². The van der Waals surface area contributed by atoms with Gasteiger partial charge in [-0.05, 0) is 6.07 Å². The van der Waals surface area contributed by atoms with Gasteiger partial charge in [0, 0.05) is 23.5 Å². The Hall–Kier alpha value is -2.56. The van der Waals surface area contributed by atoms with E-state index in [1.165, 1.54) is 0 Å². The number of rotatable bonds is 4. The molecule has 1 atom stereocenters. The van der Waals surface area contributed by atoms with E-state index in [2.05, 4.69) is 22.1 Å². The Morgan fingerprint density at radius 3 is 3.10 bits per heavy atom. The second-order valence-corrected chi connectivity index (χ2v) is 4.64. The molecule has 2 N–H and O–H groups in total. The number of carbonyl (C=O) groups is 1. The van der Waals surface area contributed by atoms with Crippen LogP contribution in [0.2, 0.25) is 0 Å². The summed E-state index contributed by atoms with van der Waals surface area (Å²) in [5.41, 5.74) is 1.98. The zero-order valence-corrected chi connectivity index (χ0v) is 10.9. The molecule has 1 aliphatic rings. The number of hydrogen-bond acceptors (Lipinski definition) is 3. The summed E-state index contributed by atoms with van der Waals surface area (Å²) in [5.74, 6) is 1.38. The molecular weight excluding hydrogens is 254 g/mol. The van der Waals surface area contributed by atoms with Crippen LogP contribution in [0.1, 0.15) is 23.5 Å². The van der Waals surface area contributed by atoms with Gasteiger partial charge in [0.25, 0.3) is 0 Å². The molecule has 1 aromatic heterocycles. The molecule has 0 bridgehead atoms. The maximum atomic E-state index is 11.8. The van der Waals surface area contributed by atoms with Gasteiger partial charge in [-0.25, -0.2) is 0 Å². The van der Waals surface area contributed by atoms with Gasteiger partial charge in [0.15, 0.2) is 0 Å². The van der Waals surface area contributed by atoms with Crippen molar-refractivity contribution in [1.82, 2.24) is 10.2 Å². The van der Waals surface area contributed by atoms with E-state index in [4.69, 9.17) is 4.74 Å². The van der Waals surface area contributed by atoms with Gasteiger partial charge in [-0.3, -0.25) is 9.89 Å². The molecule has 0 aliphatic carbocycles. The smallest absolute Gasteiger partial charge is 0.226 e. The summed E-state index contributed by atoms with van der Waals surface area (Å²) in [5, 5.41) is 9.61. The monoisotopic (exact) mass is 269 g/mol. The van der Waals surface area contributed by atoms with Crippen molar-refractivity contribution in [2.45, 2.75) is 12.3 Å². The van der Waals surface area contributed by atoms with Crippen LogP contribution in [0.5, 0.6) is 5.75 Å². The van der Waals surface area contributed by atoms with E-state index in [-0.39, 0.29) is 11.8 Å². The number of carbonyl (C=O) groups excluding carboxylic acids is 1. The minimum atomic E-state index is -0.0430. The highest BCUT2D eigenvalue weighted by atomic mass is 16.5. The normalized spacial score (nSPS) is 17.2. The molecule has 5 heteroatoms. The molecule has 1 amide bonds. The predicted molar refractivity (Wildman–Crippen MR) is 75.8 cm³/mol. The summed E-state index contributed by atoms with van der Waals surface area (Å²) in [6.45, 7) is 4.09. The second kappa shape index (κ2) is 5.21. The van der Waals surface area contributed by atoms with Gasteiger partial charge in [0.2, 0.25) is 5.91 Å². The van der Waals surface area contributed by atoms with E-state index in [9.17, 15) is 4.79 Å². The number of ether oxygens (including phenoxy) is 1. The number of fused-ring (bicyclic) bond motifs is 1. The summed E-state index contributed by atoms with van der Waals surface area (Å²) in [6.07, 6.45) is 3.85. The van der Waals surface area contributed by atoms with Gasteiger partial charge in [-0.15, -0.1) is 0 Å². The van der Waals surface area contributed by atoms with E-state index in [0.29, 0.717) is 18.8 Å². The van der Waals surface area contributed by atoms with Crippen LogP contribution in [0, 0.1) is 0 Å². The van der Waals surface area contributed by atoms with Gasteiger partial charge in [-0.1, -0.05) is 30.9 Å². The molecule has 0 unspecified atom stereocenters. The molecule has 2 aromatic rings. The van der Waals surface area contributed by atoms with Crippen LogP contribution in [-0.2, 0) is 4.79 Å². The largest absolute Gasteiger partial charge is 0.489 e. The van der Waals surface area contributed by atoms with Crippen LogP contribution in [0.15, 0.2) is 43.1 Å². The molecule has 102 valence electrons. The van der Waals surface area contributed by atoms with Crippen molar-refractivity contribution in [1.29, 1.82) is 0 Å². The Morgan fingerprint density at radius 1 is 1.40 bits per heavy atom. The standard InChI is InChI=1S/C15H15N3O2/c1-2-7-20-13-6-4-3-5-10(13)11-8-14(19)17-15-12(11)9-16-18-15/h2-6,9,11H,1,7-8H2,(H2,16,17,18,19)/t11-/m1/s1. The fourth-order valence-electron chi connectivity index (χ4n) is 2.47. The van der Waals surface area contributed by atoms with E-state index >= 15 is 0 Å². The number of anilines is 1. The van der Waals surface area contributed by atoms with Gasteiger partial charge >= 0.3 is 0 Å². The first kappa shape index (κ1) is 12.5. The van der Waals surface area contributed by atoms with E-state index in [1.54, 1.807) is 12.3 Å². The number of aromatic amines is 1. The van der Waals surface area contributed by atoms with E-state index in [0.717, 1.165) is 16.9 Å². The molecule has 0 fully saturated rings. The van der Waals surface area contributed by atoms with Gasteiger partial charge < -0.3 is 10.1 Å². The molecule has 5 nitrogen and oxygen atoms in total. The maximum absolute atomic E-state index is 11.8. The van der Waals surface area contributed by atoms with Crippen molar-refractivity contribution < 1.29 is 9.53 Å². The second-order valence-electron chi connectivity index (χ2n) is 4.64. The predicted octanol–water partition coefficient (Wildman–Crippen LogP) is 2.45. The van der Waals surface area contributed by atoms with Gasteiger partial charge in [0.1, 0.15) is 18.2 Å². The molecule has 0 spiro atoms. The summed E-state index contributed by atoms with van der Waals surface area (Å²) in [4.78, 5) is 11.8. The number of aromatic nitrogens is 2. The van der Waals surface area contributed by atoms with Crippen molar-refractivity contribution in [3.8, 4) is 5.75 Å². The molecule has 0 saturated carbocycles. The van der Waals surface area contributed by atoms with Crippen molar-refractivity contribution in [2.24, 2.45) is 0 Å². The lowest BCUT2D eigenvalue weighted by molar-refractivity contribution is -0.116. The Bertz CT molecular complexity index is 648. The van der Waals surface area contributed by atoms with Crippen LogP contribution >= 0.6 is 0 Å². The van der Waals surface area contributed by atoms with Crippen LogP contribution < -0.4 is 10.1 Å². The average Bonchev–Trinajstić information content (AvgIpc) is 2.92. The average molecular weight is 269 g/mol. The number of para-hydroxylation sites is 1. The minimum absolute atomic E-state index is 0.0229. The first-order valence-electron chi connectivity index (χ1n) is 6.45. The highest BCUT2D eigenvalue weighted by molar-refractivity contribution is 5.94. The molecule has 0 radical (unpaired) electrons. The zero-order valence-electron chi connectivity index (χ0n) is 10.9. The number of hydrogen-bond donors (Lipinski definition) is 2. The Labute approximate surface area is 116 Å². The molecular formula is C15H15N3O2. The fraction of sp³-hybridized carbons (Fsp3) is 0.200. The third-order valence-electron chi connectivity index (χ3n) is 3.35. The zero-order chi connectivity index (χ0) is 13.9. The summed E-state index contributed by atoms with van der Waals surface area (Å²) in [7, 11) is 0. The third-order valence-corrected chi connectivity index (χ3v) is 3.35. The highest BCUT2D eigenvalue weighted by Crippen LogP contribution is 2.39. The van der Waals surface area contributed by atoms with Gasteiger partial charge in [-0.2, -0.15) is 5.10 Å². The number of H-pyrrole nitrogens is 1. The van der Waals surface area contributed by atoms with Crippen LogP contribution in [0.4, 0.5) is 5.82 Å². The van der Waals surface area contributed by atoms with E-state index in [1.807, 2.05) is 24.3 Å². The molecule has 0 saturated heterocycles. The number of benzene rings is 1. The lowest BCUT2D eigenvalue weighted by Crippen LogP contribution is -2.23. The Balaban J connectivity index is 2.01. The first-order chi connectivity index (χ1) is 9.79. The third kappa shape index (κ3) is 2.18. The first-order valence-corrected chi connectivity index (χ1v) is 6.45. The quantitative estimate of drug-likeness (QED) is 0.838. The number of amides is 1. The lowest BCUT2D eigenvalue weighted by Gasteiger charge is -2.24. The van der Waals surface area contributed by atoms with Crippen molar-refractivity contribution in [2.75, 3.05) is 11.9 Å². The molecule has 20 heavy (non-hydrogen) atoms. The molecule has 1 aromatic carbocycles. The highest BCUT2D eigenvalue weighted by Gasteiger charge is 2.29. The summed E-state index contributed by atoms with van der Waals surface area (Å²) < 4.78 is 5.69. The fourth-order valence-corrected chi connectivity index (χ4v) is 2.47. The Morgan fingerprint density at radius 2 is 2.25 bits per heavy atom. The van der Waals surface area contributed by atoms with Crippen molar-refractivity contribution >= 4 is 11.7 Å². The van der Waals surface area contributed by atoms with Crippen LogP contribution in [0.25, 0.3) is 0 Å². The van der Waals surface area contributed by atoms with Gasteiger partial charge in [0.05, 0.1) is 6.20 Å².